The molecule has 0 aliphatic carbocycles. The fourth-order valence-corrected chi connectivity index (χ4v) is 4.18. The van der Waals surface area contributed by atoms with Gasteiger partial charge in [0.05, 0.1) is 9.79 Å². The fraction of sp³-hybridized carbons (Fsp3) is 0.280. The van der Waals surface area contributed by atoms with E-state index in [1.54, 1.807) is 36.4 Å². The molecule has 0 bridgehead atoms. The van der Waals surface area contributed by atoms with Crippen LogP contribution in [0.2, 0.25) is 0 Å². The maximum absolute atomic E-state index is 12.9. The Labute approximate surface area is 179 Å². The summed E-state index contributed by atoms with van der Waals surface area (Å²) in [5, 5.41) is 0. The van der Waals surface area contributed by atoms with Gasteiger partial charge in [0.2, 0.25) is 9.84 Å². The van der Waals surface area contributed by atoms with Crippen molar-refractivity contribution < 1.29 is 17.9 Å². The van der Waals surface area contributed by atoms with Crippen molar-refractivity contribution in [2.24, 2.45) is 0 Å². The standard InChI is InChI=1S/C25H28O4S/c1-18(2)19-6-14-23(15-7-19)30(26,27)24-16-12-21(13-17-24)28-20-8-10-22(11-9-20)29-25(3,4)5/h6-18H,1-5H3. The molecule has 0 aliphatic heterocycles. The van der Waals surface area contributed by atoms with Crippen molar-refractivity contribution in [1.29, 1.82) is 0 Å². The zero-order valence-electron chi connectivity index (χ0n) is 18.0. The molecule has 0 saturated carbocycles. The maximum atomic E-state index is 12.9. The van der Waals surface area contributed by atoms with Crippen molar-refractivity contribution >= 4 is 9.84 Å². The van der Waals surface area contributed by atoms with Crippen LogP contribution in [0.25, 0.3) is 0 Å². The van der Waals surface area contributed by atoms with Gasteiger partial charge in [-0.05, 0) is 92.9 Å². The fourth-order valence-electron chi connectivity index (χ4n) is 2.92. The molecule has 0 heterocycles. The number of ether oxygens (including phenoxy) is 2. The summed E-state index contributed by atoms with van der Waals surface area (Å²) in [5.41, 5.74) is 0.843. The Kier molecular flexibility index (Phi) is 6.22. The van der Waals surface area contributed by atoms with Crippen LogP contribution < -0.4 is 9.47 Å². The molecule has 0 N–H and O–H groups in total. The molecule has 4 nitrogen and oxygen atoms in total. The zero-order chi connectivity index (χ0) is 21.9. The Morgan fingerprint density at radius 1 is 0.667 bits per heavy atom. The zero-order valence-corrected chi connectivity index (χ0v) is 18.9. The van der Waals surface area contributed by atoms with Crippen LogP contribution in [0.4, 0.5) is 0 Å². The molecule has 0 aromatic heterocycles. The highest BCUT2D eigenvalue weighted by atomic mass is 32.2. The van der Waals surface area contributed by atoms with E-state index in [1.807, 2.05) is 57.2 Å². The molecular weight excluding hydrogens is 396 g/mol. The highest BCUT2D eigenvalue weighted by Crippen LogP contribution is 2.28. The van der Waals surface area contributed by atoms with Crippen LogP contribution in [0.3, 0.4) is 0 Å². The molecule has 0 spiro atoms. The Hall–Kier alpha value is -2.79. The Balaban J connectivity index is 1.72. The van der Waals surface area contributed by atoms with Crippen LogP contribution in [0.5, 0.6) is 17.2 Å². The van der Waals surface area contributed by atoms with Crippen molar-refractivity contribution in [3.8, 4) is 17.2 Å². The van der Waals surface area contributed by atoms with Gasteiger partial charge in [-0.25, -0.2) is 8.42 Å². The van der Waals surface area contributed by atoms with Crippen LogP contribution in [-0.2, 0) is 9.84 Å². The summed E-state index contributed by atoms with van der Waals surface area (Å²) >= 11 is 0. The molecular formula is C25H28O4S. The van der Waals surface area contributed by atoms with E-state index in [-0.39, 0.29) is 15.4 Å². The summed E-state index contributed by atoms with van der Waals surface area (Å²) in [7, 11) is -3.57. The van der Waals surface area contributed by atoms with E-state index in [4.69, 9.17) is 9.47 Å². The first-order valence-corrected chi connectivity index (χ1v) is 11.4. The van der Waals surface area contributed by atoms with Crippen LogP contribution in [0.1, 0.15) is 46.1 Å². The molecule has 0 fully saturated rings. The van der Waals surface area contributed by atoms with Crippen LogP contribution in [0.15, 0.2) is 82.6 Å². The minimum atomic E-state index is -3.57. The van der Waals surface area contributed by atoms with Gasteiger partial charge in [0, 0.05) is 0 Å². The van der Waals surface area contributed by atoms with Gasteiger partial charge >= 0.3 is 0 Å². The summed E-state index contributed by atoms with van der Waals surface area (Å²) in [5.74, 6) is 2.33. The molecule has 3 rings (SSSR count). The lowest BCUT2D eigenvalue weighted by Crippen LogP contribution is -2.22. The second-order valence-corrected chi connectivity index (χ2v) is 10.4. The average molecular weight is 425 g/mol. The van der Waals surface area contributed by atoms with Crippen molar-refractivity contribution in [1.82, 2.24) is 0 Å². The second-order valence-electron chi connectivity index (χ2n) is 8.49. The predicted octanol–water partition coefficient (Wildman–Crippen LogP) is 6.61. The highest BCUT2D eigenvalue weighted by molar-refractivity contribution is 7.91. The first-order valence-electron chi connectivity index (χ1n) is 9.97. The van der Waals surface area contributed by atoms with Crippen LogP contribution in [-0.4, -0.2) is 14.0 Å². The Morgan fingerprint density at radius 2 is 1.07 bits per heavy atom. The molecule has 5 heteroatoms. The summed E-state index contributed by atoms with van der Waals surface area (Å²) in [6.07, 6.45) is 0. The SMILES string of the molecule is CC(C)c1ccc(S(=O)(=O)c2ccc(Oc3ccc(OC(C)(C)C)cc3)cc2)cc1. The molecule has 0 radical (unpaired) electrons. The van der Waals surface area contributed by atoms with Gasteiger partial charge in [0.1, 0.15) is 22.8 Å². The van der Waals surface area contributed by atoms with Crippen LogP contribution >= 0.6 is 0 Å². The first kappa shape index (κ1) is 21.9. The number of rotatable bonds is 6. The number of hydrogen-bond acceptors (Lipinski definition) is 4. The number of sulfone groups is 1. The summed E-state index contributed by atoms with van der Waals surface area (Å²) in [6.45, 7) is 10.1. The van der Waals surface area contributed by atoms with Gasteiger partial charge < -0.3 is 9.47 Å². The van der Waals surface area contributed by atoms with E-state index in [1.165, 1.54) is 0 Å². The topological polar surface area (TPSA) is 52.6 Å². The summed E-state index contributed by atoms with van der Waals surface area (Å²) in [4.78, 5) is 0.524. The van der Waals surface area contributed by atoms with Crippen molar-refractivity contribution in [3.63, 3.8) is 0 Å². The normalized spacial score (nSPS) is 12.1. The third-order valence-corrected chi connectivity index (χ3v) is 6.26. The van der Waals surface area contributed by atoms with Gasteiger partial charge in [-0.1, -0.05) is 26.0 Å². The van der Waals surface area contributed by atoms with Crippen molar-refractivity contribution in [3.05, 3.63) is 78.4 Å². The lowest BCUT2D eigenvalue weighted by molar-refractivity contribution is 0.131. The largest absolute Gasteiger partial charge is 0.488 e. The highest BCUT2D eigenvalue weighted by Gasteiger charge is 2.18. The van der Waals surface area contributed by atoms with E-state index in [9.17, 15) is 8.42 Å². The third kappa shape index (κ3) is 5.42. The third-order valence-electron chi connectivity index (χ3n) is 4.47. The van der Waals surface area contributed by atoms with E-state index in [0.717, 1.165) is 11.3 Å². The minimum absolute atomic E-state index is 0.237. The Bertz CT molecular complexity index is 1070. The molecule has 0 aliphatic rings. The predicted molar refractivity (Wildman–Crippen MR) is 119 cm³/mol. The molecule has 0 atom stereocenters. The van der Waals surface area contributed by atoms with Crippen molar-refractivity contribution in [2.45, 2.75) is 55.9 Å². The molecule has 0 amide bonds. The second kappa shape index (κ2) is 8.52. The molecule has 3 aromatic carbocycles. The van der Waals surface area contributed by atoms with Crippen molar-refractivity contribution in [2.75, 3.05) is 0 Å². The van der Waals surface area contributed by atoms with E-state index in [0.29, 0.717) is 17.4 Å². The monoisotopic (exact) mass is 424 g/mol. The summed E-state index contributed by atoms with van der Waals surface area (Å²) in [6, 6.07) is 20.8. The van der Waals surface area contributed by atoms with E-state index in [2.05, 4.69) is 13.8 Å². The van der Waals surface area contributed by atoms with Gasteiger partial charge in [0.25, 0.3) is 0 Å². The number of hydrogen-bond donors (Lipinski definition) is 0. The lowest BCUT2D eigenvalue weighted by Gasteiger charge is -2.21. The van der Waals surface area contributed by atoms with Gasteiger partial charge in [0.15, 0.2) is 0 Å². The first-order chi connectivity index (χ1) is 14.0. The molecule has 158 valence electrons. The number of benzene rings is 3. The smallest absolute Gasteiger partial charge is 0.206 e. The summed E-state index contributed by atoms with van der Waals surface area (Å²) < 4.78 is 37.4. The Morgan fingerprint density at radius 3 is 1.50 bits per heavy atom. The van der Waals surface area contributed by atoms with Gasteiger partial charge in [-0.2, -0.15) is 0 Å². The molecule has 3 aromatic rings. The molecule has 0 unspecified atom stereocenters. The maximum Gasteiger partial charge on any atom is 0.206 e. The van der Waals surface area contributed by atoms with Crippen LogP contribution in [0, 0.1) is 0 Å². The lowest BCUT2D eigenvalue weighted by atomic mass is 10.0. The molecule has 0 saturated heterocycles. The quantitative estimate of drug-likeness (QED) is 0.447. The molecule has 30 heavy (non-hydrogen) atoms. The van der Waals surface area contributed by atoms with E-state index >= 15 is 0 Å². The minimum Gasteiger partial charge on any atom is -0.488 e. The average Bonchev–Trinajstić information content (AvgIpc) is 2.69. The van der Waals surface area contributed by atoms with Gasteiger partial charge in [-0.15, -0.1) is 0 Å². The van der Waals surface area contributed by atoms with E-state index < -0.39 is 9.84 Å². The van der Waals surface area contributed by atoms with Gasteiger partial charge in [-0.3, -0.25) is 0 Å².